The van der Waals surface area contributed by atoms with Crippen LogP contribution in [0.4, 0.5) is 0 Å². The summed E-state index contributed by atoms with van der Waals surface area (Å²) in [5.41, 5.74) is 2.46. The summed E-state index contributed by atoms with van der Waals surface area (Å²) in [6.07, 6.45) is 2.66. The molecule has 0 aliphatic carbocycles. The third-order valence-electron chi connectivity index (χ3n) is 3.71. The van der Waals surface area contributed by atoms with Crippen molar-refractivity contribution in [2.75, 3.05) is 13.1 Å². The molecule has 0 saturated heterocycles. The smallest absolute Gasteiger partial charge is 0.191 e. The molecule has 25 heavy (non-hydrogen) atoms. The summed E-state index contributed by atoms with van der Waals surface area (Å²) < 4.78 is 3.16. The van der Waals surface area contributed by atoms with E-state index in [0.717, 1.165) is 42.3 Å². The molecular weight excluding hydrogens is 495 g/mol. The van der Waals surface area contributed by atoms with Crippen molar-refractivity contribution >= 4 is 45.9 Å². The summed E-state index contributed by atoms with van der Waals surface area (Å²) in [4.78, 5) is 4.67. The first-order chi connectivity index (χ1) is 11.6. The maximum Gasteiger partial charge on any atom is 0.191 e. The Hall–Kier alpha value is -1.16. The van der Waals surface area contributed by atoms with Gasteiger partial charge in [0.1, 0.15) is 12.2 Å². The minimum absolute atomic E-state index is 0. The lowest BCUT2D eigenvalue weighted by Crippen LogP contribution is -2.39. The average Bonchev–Trinajstić information content (AvgIpc) is 3.01. The normalized spacial score (nSPS) is 11.1. The van der Waals surface area contributed by atoms with Gasteiger partial charge in [-0.25, -0.2) is 4.99 Å². The lowest BCUT2D eigenvalue weighted by molar-refractivity contribution is 0.632. The molecule has 1 heterocycles. The zero-order valence-electron chi connectivity index (χ0n) is 14.9. The highest BCUT2D eigenvalue weighted by atomic mass is 127. The molecule has 0 fully saturated rings. The first kappa shape index (κ1) is 21.9. The molecule has 0 atom stereocenters. The van der Waals surface area contributed by atoms with Crippen molar-refractivity contribution in [1.29, 1.82) is 0 Å². The van der Waals surface area contributed by atoms with Crippen molar-refractivity contribution in [3.05, 3.63) is 46.0 Å². The maximum absolute atomic E-state index is 4.67. The number of aromatic nitrogens is 3. The molecule has 0 radical (unpaired) electrons. The third kappa shape index (κ3) is 6.93. The third-order valence-corrected chi connectivity index (χ3v) is 4.21. The lowest BCUT2D eigenvalue weighted by Gasteiger charge is -2.12. The van der Waals surface area contributed by atoms with E-state index in [-0.39, 0.29) is 24.0 Å². The van der Waals surface area contributed by atoms with E-state index >= 15 is 0 Å². The van der Waals surface area contributed by atoms with Crippen molar-refractivity contribution in [2.24, 2.45) is 4.99 Å². The Morgan fingerprint density at radius 2 is 2.08 bits per heavy atom. The van der Waals surface area contributed by atoms with Gasteiger partial charge in [-0.3, -0.25) is 0 Å². The molecule has 8 heteroatoms. The molecule has 0 spiro atoms. The van der Waals surface area contributed by atoms with E-state index in [1.54, 1.807) is 6.33 Å². The highest BCUT2D eigenvalue weighted by molar-refractivity contribution is 14.0. The molecule has 0 saturated carbocycles. The standard InChI is InChI=1S/C17H25BrN6.HI/c1-4-16-23-22-12-24(16)9-8-20-17(19-5-2)21-11-14-6-7-15(18)10-13(14)3;/h6-7,10,12H,4-5,8-9,11H2,1-3H3,(H2,19,20,21);1H. The summed E-state index contributed by atoms with van der Waals surface area (Å²) in [6.45, 7) is 9.33. The van der Waals surface area contributed by atoms with Crippen LogP contribution in [0.1, 0.15) is 30.8 Å². The largest absolute Gasteiger partial charge is 0.357 e. The van der Waals surface area contributed by atoms with Crippen LogP contribution in [0.2, 0.25) is 0 Å². The fraction of sp³-hybridized carbons (Fsp3) is 0.471. The minimum Gasteiger partial charge on any atom is -0.357 e. The molecule has 2 rings (SSSR count). The predicted molar refractivity (Wildman–Crippen MR) is 117 cm³/mol. The molecular formula is C17H26BrIN6. The van der Waals surface area contributed by atoms with E-state index < -0.39 is 0 Å². The molecule has 0 bridgehead atoms. The quantitative estimate of drug-likeness (QED) is 0.334. The predicted octanol–water partition coefficient (Wildman–Crippen LogP) is 3.28. The van der Waals surface area contributed by atoms with Crippen molar-refractivity contribution < 1.29 is 0 Å². The highest BCUT2D eigenvalue weighted by Crippen LogP contribution is 2.16. The minimum atomic E-state index is 0. The number of aryl methyl sites for hydroxylation is 2. The van der Waals surface area contributed by atoms with Crippen LogP contribution in [0, 0.1) is 6.92 Å². The van der Waals surface area contributed by atoms with E-state index in [1.165, 1.54) is 11.1 Å². The number of halogens is 2. The van der Waals surface area contributed by atoms with Gasteiger partial charge in [-0.05, 0) is 37.1 Å². The molecule has 138 valence electrons. The lowest BCUT2D eigenvalue weighted by atomic mass is 10.1. The van der Waals surface area contributed by atoms with Crippen molar-refractivity contribution in [3.63, 3.8) is 0 Å². The highest BCUT2D eigenvalue weighted by Gasteiger charge is 2.03. The molecule has 1 aromatic carbocycles. The van der Waals surface area contributed by atoms with Gasteiger partial charge >= 0.3 is 0 Å². The SMILES string of the molecule is CCNC(=NCc1ccc(Br)cc1C)NCCn1cnnc1CC.I. The van der Waals surface area contributed by atoms with Crippen LogP contribution in [-0.2, 0) is 19.5 Å². The Balaban J connectivity index is 0.00000312. The maximum atomic E-state index is 4.67. The number of hydrogen-bond donors (Lipinski definition) is 2. The van der Waals surface area contributed by atoms with Crippen LogP contribution in [0.3, 0.4) is 0 Å². The van der Waals surface area contributed by atoms with Crippen LogP contribution < -0.4 is 10.6 Å². The van der Waals surface area contributed by atoms with E-state index in [1.807, 2.05) is 0 Å². The van der Waals surface area contributed by atoms with Crippen molar-refractivity contribution in [3.8, 4) is 0 Å². The van der Waals surface area contributed by atoms with Gasteiger partial charge in [-0.2, -0.15) is 0 Å². The van der Waals surface area contributed by atoms with Gasteiger partial charge < -0.3 is 15.2 Å². The Labute approximate surface area is 175 Å². The van der Waals surface area contributed by atoms with E-state index in [2.05, 4.69) is 85.3 Å². The molecule has 2 N–H and O–H groups in total. The van der Waals surface area contributed by atoms with Crippen molar-refractivity contribution in [1.82, 2.24) is 25.4 Å². The summed E-state index contributed by atoms with van der Waals surface area (Å²) in [6, 6.07) is 6.28. The number of aliphatic imine (C=N–C) groups is 1. The Kier molecular flexibility index (Phi) is 10.0. The van der Waals surface area contributed by atoms with Gasteiger partial charge in [0.15, 0.2) is 5.96 Å². The van der Waals surface area contributed by atoms with Gasteiger partial charge in [0, 0.05) is 30.5 Å². The number of nitrogens with one attached hydrogen (secondary N) is 2. The van der Waals surface area contributed by atoms with Crippen LogP contribution in [0.5, 0.6) is 0 Å². The number of benzene rings is 1. The number of nitrogens with zero attached hydrogens (tertiary/aromatic N) is 4. The van der Waals surface area contributed by atoms with E-state index in [0.29, 0.717) is 6.54 Å². The monoisotopic (exact) mass is 520 g/mol. The fourth-order valence-corrected chi connectivity index (χ4v) is 2.85. The first-order valence-corrected chi connectivity index (χ1v) is 9.07. The second-order valence-corrected chi connectivity index (χ2v) is 6.40. The zero-order valence-corrected chi connectivity index (χ0v) is 18.8. The summed E-state index contributed by atoms with van der Waals surface area (Å²) in [5.74, 6) is 1.83. The van der Waals surface area contributed by atoms with Crippen LogP contribution in [0.25, 0.3) is 0 Å². The van der Waals surface area contributed by atoms with E-state index in [9.17, 15) is 0 Å². The molecule has 1 aromatic heterocycles. The zero-order chi connectivity index (χ0) is 17.4. The fourth-order valence-electron chi connectivity index (χ4n) is 2.38. The van der Waals surface area contributed by atoms with Crippen LogP contribution >= 0.6 is 39.9 Å². The van der Waals surface area contributed by atoms with Crippen molar-refractivity contribution in [2.45, 2.75) is 40.3 Å². The van der Waals surface area contributed by atoms with Gasteiger partial charge in [0.25, 0.3) is 0 Å². The summed E-state index contributed by atoms with van der Waals surface area (Å²) >= 11 is 3.49. The topological polar surface area (TPSA) is 67.1 Å². The Morgan fingerprint density at radius 3 is 2.76 bits per heavy atom. The Morgan fingerprint density at radius 1 is 1.28 bits per heavy atom. The molecule has 6 nitrogen and oxygen atoms in total. The van der Waals surface area contributed by atoms with Crippen LogP contribution in [0.15, 0.2) is 34.0 Å². The van der Waals surface area contributed by atoms with Gasteiger partial charge in [0.05, 0.1) is 6.54 Å². The Bertz CT molecular complexity index is 686. The molecule has 2 aromatic rings. The van der Waals surface area contributed by atoms with Gasteiger partial charge in [-0.1, -0.05) is 28.9 Å². The van der Waals surface area contributed by atoms with Gasteiger partial charge in [-0.15, -0.1) is 34.2 Å². The number of rotatable bonds is 7. The first-order valence-electron chi connectivity index (χ1n) is 8.28. The molecule has 0 aliphatic heterocycles. The molecule has 0 unspecified atom stereocenters. The average molecular weight is 521 g/mol. The molecule has 0 amide bonds. The second kappa shape index (κ2) is 11.5. The van der Waals surface area contributed by atoms with Gasteiger partial charge in [0.2, 0.25) is 0 Å². The van der Waals surface area contributed by atoms with E-state index in [4.69, 9.17) is 0 Å². The number of guanidine groups is 1. The summed E-state index contributed by atoms with van der Waals surface area (Å²) in [5, 5.41) is 14.7. The second-order valence-electron chi connectivity index (χ2n) is 5.49. The number of hydrogen-bond acceptors (Lipinski definition) is 3. The van der Waals surface area contributed by atoms with Crippen LogP contribution in [-0.4, -0.2) is 33.8 Å². The molecule has 0 aliphatic rings. The summed E-state index contributed by atoms with van der Waals surface area (Å²) in [7, 11) is 0.